The van der Waals surface area contributed by atoms with Crippen molar-refractivity contribution >= 4 is 0 Å². The Hall–Kier alpha value is -1.95. The second kappa shape index (κ2) is 5.14. The molecule has 0 radical (unpaired) electrons. The van der Waals surface area contributed by atoms with Crippen molar-refractivity contribution < 1.29 is 9.13 Å². The van der Waals surface area contributed by atoms with Crippen LogP contribution in [0.2, 0.25) is 0 Å². The molecular formula is C12H15FN4O. The molecule has 0 amide bonds. The minimum Gasteiger partial charge on any atom is -0.494 e. The van der Waals surface area contributed by atoms with Crippen LogP contribution >= 0.6 is 0 Å². The average Bonchev–Trinajstić information content (AvgIpc) is 2.78. The number of methoxy groups -OCH3 is 1. The van der Waals surface area contributed by atoms with Gasteiger partial charge in [-0.1, -0.05) is 6.07 Å². The predicted octanol–water partition coefficient (Wildman–Crippen LogP) is 1.49. The van der Waals surface area contributed by atoms with Crippen molar-refractivity contribution in [2.24, 2.45) is 5.73 Å². The molecule has 0 aliphatic heterocycles. The predicted molar refractivity (Wildman–Crippen MR) is 64.7 cm³/mol. The quantitative estimate of drug-likeness (QED) is 0.892. The summed E-state index contributed by atoms with van der Waals surface area (Å²) >= 11 is 0. The summed E-state index contributed by atoms with van der Waals surface area (Å²) in [6, 6.07) is 4.59. The molecule has 1 aromatic heterocycles. The van der Waals surface area contributed by atoms with Gasteiger partial charge >= 0.3 is 0 Å². The highest BCUT2D eigenvalue weighted by atomic mass is 19.1. The first-order valence-electron chi connectivity index (χ1n) is 5.57. The van der Waals surface area contributed by atoms with Gasteiger partial charge in [0.2, 0.25) is 0 Å². The van der Waals surface area contributed by atoms with Crippen LogP contribution in [0, 0.1) is 5.82 Å². The summed E-state index contributed by atoms with van der Waals surface area (Å²) in [5.41, 5.74) is 6.45. The van der Waals surface area contributed by atoms with Crippen molar-refractivity contribution in [3.63, 3.8) is 0 Å². The second-order valence-electron chi connectivity index (χ2n) is 4.06. The van der Waals surface area contributed by atoms with Crippen LogP contribution in [-0.4, -0.2) is 21.9 Å². The number of ether oxygens (including phenoxy) is 1. The Kier molecular flexibility index (Phi) is 3.57. The number of aromatic nitrogens is 3. The maximum Gasteiger partial charge on any atom is 0.166 e. The molecule has 1 atom stereocenters. The molecule has 0 aliphatic carbocycles. The van der Waals surface area contributed by atoms with Gasteiger partial charge in [0.25, 0.3) is 0 Å². The number of hydrogen-bond acceptors (Lipinski definition) is 4. The third-order valence-electron chi connectivity index (χ3n) is 2.52. The Morgan fingerprint density at radius 1 is 1.50 bits per heavy atom. The van der Waals surface area contributed by atoms with Crippen LogP contribution in [0.5, 0.6) is 5.75 Å². The van der Waals surface area contributed by atoms with Crippen LogP contribution in [0.1, 0.15) is 24.4 Å². The van der Waals surface area contributed by atoms with E-state index in [0.717, 1.165) is 5.56 Å². The molecule has 1 aromatic carbocycles. The zero-order valence-electron chi connectivity index (χ0n) is 10.3. The fourth-order valence-electron chi connectivity index (χ4n) is 1.59. The molecule has 0 saturated heterocycles. The van der Waals surface area contributed by atoms with E-state index in [9.17, 15) is 4.39 Å². The number of nitrogens with zero attached hydrogens (tertiary/aromatic N) is 3. The van der Waals surface area contributed by atoms with Crippen molar-refractivity contribution in [3.05, 3.63) is 41.7 Å². The highest BCUT2D eigenvalue weighted by Gasteiger charge is 2.07. The molecule has 0 fully saturated rings. The lowest BCUT2D eigenvalue weighted by molar-refractivity contribution is 0.386. The SMILES string of the molecule is COc1ccc(Cn2cnc(C(C)N)n2)cc1F. The number of hydrogen-bond donors (Lipinski definition) is 1. The van der Waals surface area contributed by atoms with Gasteiger partial charge in [-0.3, -0.25) is 0 Å². The molecule has 18 heavy (non-hydrogen) atoms. The van der Waals surface area contributed by atoms with Crippen molar-refractivity contribution in [2.45, 2.75) is 19.5 Å². The lowest BCUT2D eigenvalue weighted by Crippen LogP contribution is -2.08. The Balaban J connectivity index is 2.15. The molecule has 1 unspecified atom stereocenters. The van der Waals surface area contributed by atoms with Crippen molar-refractivity contribution in [1.29, 1.82) is 0 Å². The third kappa shape index (κ3) is 2.65. The summed E-state index contributed by atoms with van der Waals surface area (Å²) in [6.07, 6.45) is 1.58. The molecule has 1 heterocycles. The first-order chi connectivity index (χ1) is 8.60. The molecule has 0 aliphatic rings. The summed E-state index contributed by atoms with van der Waals surface area (Å²) in [5.74, 6) is 0.417. The zero-order valence-corrected chi connectivity index (χ0v) is 10.3. The fourth-order valence-corrected chi connectivity index (χ4v) is 1.59. The largest absolute Gasteiger partial charge is 0.494 e. The van der Waals surface area contributed by atoms with Gasteiger partial charge in [-0.15, -0.1) is 0 Å². The van der Waals surface area contributed by atoms with Crippen LogP contribution in [0.4, 0.5) is 4.39 Å². The summed E-state index contributed by atoms with van der Waals surface area (Å²) in [4.78, 5) is 4.08. The topological polar surface area (TPSA) is 66.0 Å². The molecule has 0 spiro atoms. The van der Waals surface area contributed by atoms with Crippen LogP contribution in [0.15, 0.2) is 24.5 Å². The van der Waals surface area contributed by atoms with Gasteiger partial charge in [-0.05, 0) is 24.6 Å². The van der Waals surface area contributed by atoms with Crippen molar-refractivity contribution in [2.75, 3.05) is 7.11 Å². The Labute approximate surface area is 104 Å². The van der Waals surface area contributed by atoms with E-state index in [4.69, 9.17) is 10.5 Å². The van der Waals surface area contributed by atoms with E-state index >= 15 is 0 Å². The summed E-state index contributed by atoms with van der Waals surface area (Å²) < 4.78 is 20.0. The molecule has 5 nitrogen and oxygen atoms in total. The van der Waals surface area contributed by atoms with Gasteiger partial charge < -0.3 is 10.5 Å². The van der Waals surface area contributed by atoms with Gasteiger partial charge in [0.15, 0.2) is 17.4 Å². The maximum absolute atomic E-state index is 13.5. The van der Waals surface area contributed by atoms with Crippen LogP contribution in [-0.2, 0) is 6.54 Å². The number of rotatable bonds is 4. The third-order valence-corrected chi connectivity index (χ3v) is 2.52. The minimum absolute atomic E-state index is 0.209. The molecule has 6 heteroatoms. The Morgan fingerprint density at radius 2 is 2.28 bits per heavy atom. The van der Waals surface area contributed by atoms with Crippen LogP contribution in [0.25, 0.3) is 0 Å². The monoisotopic (exact) mass is 250 g/mol. The average molecular weight is 250 g/mol. The van der Waals surface area contributed by atoms with Gasteiger partial charge in [0, 0.05) is 0 Å². The summed E-state index contributed by atoms with van der Waals surface area (Å²) in [5, 5.41) is 4.20. The number of halogens is 1. The highest BCUT2D eigenvalue weighted by Crippen LogP contribution is 2.18. The molecule has 2 N–H and O–H groups in total. The number of benzene rings is 1. The van der Waals surface area contributed by atoms with Crippen molar-refractivity contribution in [3.8, 4) is 5.75 Å². The van der Waals surface area contributed by atoms with E-state index in [1.165, 1.54) is 13.2 Å². The second-order valence-corrected chi connectivity index (χ2v) is 4.06. The standard InChI is InChI=1S/C12H15FN4O/c1-8(14)12-15-7-17(16-12)6-9-3-4-11(18-2)10(13)5-9/h3-5,7-8H,6,14H2,1-2H3. The normalized spacial score (nSPS) is 12.4. The molecule has 2 aromatic rings. The molecule has 2 rings (SSSR count). The maximum atomic E-state index is 13.5. The molecule has 96 valence electrons. The van der Waals surface area contributed by atoms with E-state index in [-0.39, 0.29) is 17.6 Å². The van der Waals surface area contributed by atoms with Gasteiger partial charge in [0.05, 0.1) is 19.7 Å². The van der Waals surface area contributed by atoms with Crippen LogP contribution < -0.4 is 10.5 Å². The minimum atomic E-state index is -0.387. The first kappa shape index (κ1) is 12.5. The number of nitrogens with two attached hydrogens (primary N) is 1. The lowest BCUT2D eigenvalue weighted by Gasteiger charge is -2.05. The van der Waals surface area contributed by atoms with Gasteiger partial charge in [0.1, 0.15) is 6.33 Å². The Bertz CT molecular complexity index is 539. The van der Waals surface area contributed by atoms with Crippen molar-refractivity contribution in [1.82, 2.24) is 14.8 Å². The van der Waals surface area contributed by atoms with E-state index < -0.39 is 0 Å². The van der Waals surface area contributed by atoms with E-state index in [1.54, 1.807) is 23.1 Å². The first-order valence-corrected chi connectivity index (χ1v) is 5.57. The molecule has 0 bridgehead atoms. The summed E-state index contributed by atoms with van der Waals surface area (Å²) in [7, 11) is 1.43. The smallest absolute Gasteiger partial charge is 0.166 e. The van der Waals surface area contributed by atoms with E-state index in [0.29, 0.717) is 12.4 Å². The fraction of sp³-hybridized carbons (Fsp3) is 0.333. The Morgan fingerprint density at radius 3 is 2.83 bits per heavy atom. The van der Waals surface area contributed by atoms with E-state index in [2.05, 4.69) is 10.1 Å². The van der Waals surface area contributed by atoms with E-state index in [1.807, 2.05) is 6.92 Å². The van der Waals surface area contributed by atoms with Gasteiger partial charge in [-0.2, -0.15) is 5.10 Å². The molecular weight excluding hydrogens is 235 g/mol. The van der Waals surface area contributed by atoms with Crippen LogP contribution in [0.3, 0.4) is 0 Å². The lowest BCUT2D eigenvalue weighted by atomic mass is 10.2. The molecule has 0 saturated carbocycles. The highest BCUT2D eigenvalue weighted by molar-refractivity contribution is 5.29. The van der Waals surface area contributed by atoms with Gasteiger partial charge in [-0.25, -0.2) is 14.1 Å². The zero-order chi connectivity index (χ0) is 13.1. The summed E-state index contributed by atoms with van der Waals surface area (Å²) in [6.45, 7) is 2.26.